The van der Waals surface area contributed by atoms with Crippen molar-refractivity contribution >= 4 is 23.2 Å². The van der Waals surface area contributed by atoms with Gasteiger partial charge in [0.2, 0.25) is 0 Å². The van der Waals surface area contributed by atoms with E-state index in [-0.39, 0.29) is 15.8 Å². The average Bonchev–Trinajstić information content (AvgIpc) is 1.99. The molecule has 1 aromatic rings. The van der Waals surface area contributed by atoms with Crippen molar-refractivity contribution in [1.29, 1.82) is 0 Å². The monoisotopic (exact) mass is 186 g/mol. The number of aromatic hydroxyl groups is 1. The predicted molar refractivity (Wildman–Crippen MR) is 46.1 cm³/mol. The number of hydrogen-bond acceptors (Lipinski definition) is 1. The second kappa shape index (κ2) is 3.04. The van der Waals surface area contributed by atoms with E-state index in [0.29, 0.717) is 5.56 Å². The second-order valence-electron chi connectivity index (χ2n) is 1.93. The van der Waals surface area contributed by atoms with E-state index < -0.39 is 0 Å². The molecular weight excluding hydrogens is 183 g/mol. The van der Waals surface area contributed by atoms with Crippen LogP contribution in [0.25, 0.3) is 0 Å². The summed E-state index contributed by atoms with van der Waals surface area (Å²) in [6, 6.07) is 2.95. The van der Waals surface area contributed by atoms with Crippen molar-refractivity contribution < 1.29 is 5.11 Å². The molecule has 1 N–H and O–H groups in total. The molecule has 0 unspecified atom stereocenters. The lowest BCUT2D eigenvalue weighted by Crippen LogP contribution is -1.76. The fraction of sp³-hybridized carbons (Fsp3) is 0. The molecule has 1 rings (SSSR count). The minimum atomic E-state index is -0.132. The van der Waals surface area contributed by atoms with E-state index in [1.807, 2.05) is 0 Å². The van der Waals surface area contributed by atoms with Crippen LogP contribution in [0.1, 0.15) is 5.56 Å². The third-order valence-electron chi connectivity index (χ3n) is 1.18. The standard InChI is InChI=1S/C8H4Cl2O/c1-2-5-3-6(9)8(11)7(10)4-5/h1,3-4,11H. The van der Waals surface area contributed by atoms with Crippen LogP contribution < -0.4 is 0 Å². The van der Waals surface area contributed by atoms with Crippen LogP contribution in [0, 0.1) is 12.3 Å². The number of halogens is 2. The smallest absolute Gasteiger partial charge is 0.152 e. The van der Waals surface area contributed by atoms with Gasteiger partial charge in [0.05, 0.1) is 10.0 Å². The number of rotatable bonds is 0. The van der Waals surface area contributed by atoms with Gasteiger partial charge in [-0.3, -0.25) is 0 Å². The Bertz CT molecular complexity index is 302. The molecule has 0 aliphatic rings. The van der Waals surface area contributed by atoms with Gasteiger partial charge in [0.15, 0.2) is 5.75 Å². The van der Waals surface area contributed by atoms with Crippen molar-refractivity contribution in [3.63, 3.8) is 0 Å². The van der Waals surface area contributed by atoms with Gasteiger partial charge in [-0.15, -0.1) is 6.42 Å². The van der Waals surface area contributed by atoms with Gasteiger partial charge in [0.1, 0.15) is 0 Å². The van der Waals surface area contributed by atoms with Crippen LogP contribution in [0.15, 0.2) is 12.1 Å². The van der Waals surface area contributed by atoms with Crippen molar-refractivity contribution in [1.82, 2.24) is 0 Å². The Morgan fingerprint density at radius 2 is 1.73 bits per heavy atom. The number of terminal acetylenes is 1. The first kappa shape index (κ1) is 8.26. The molecule has 0 fully saturated rings. The maximum Gasteiger partial charge on any atom is 0.152 e. The van der Waals surface area contributed by atoms with Crippen LogP contribution in [0.5, 0.6) is 5.75 Å². The normalized spacial score (nSPS) is 9.18. The van der Waals surface area contributed by atoms with E-state index in [1.165, 1.54) is 12.1 Å². The lowest BCUT2D eigenvalue weighted by atomic mass is 10.2. The van der Waals surface area contributed by atoms with E-state index in [0.717, 1.165) is 0 Å². The first-order valence-electron chi connectivity index (χ1n) is 2.79. The molecule has 1 nitrogen and oxygen atoms in total. The number of hydrogen-bond donors (Lipinski definition) is 1. The van der Waals surface area contributed by atoms with Crippen molar-refractivity contribution in [3.8, 4) is 18.1 Å². The van der Waals surface area contributed by atoms with E-state index in [4.69, 9.17) is 34.7 Å². The van der Waals surface area contributed by atoms with Gasteiger partial charge in [0.25, 0.3) is 0 Å². The average molecular weight is 187 g/mol. The number of phenolic OH excluding ortho intramolecular Hbond substituents is 1. The Morgan fingerprint density at radius 3 is 2.09 bits per heavy atom. The van der Waals surface area contributed by atoms with Crippen molar-refractivity contribution in [3.05, 3.63) is 27.7 Å². The topological polar surface area (TPSA) is 20.2 Å². The highest BCUT2D eigenvalue weighted by Gasteiger charge is 2.04. The summed E-state index contributed by atoms with van der Waals surface area (Å²) in [6.45, 7) is 0. The summed E-state index contributed by atoms with van der Waals surface area (Å²) in [6.07, 6.45) is 5.09. The van der Waals surface area contributed by atoms with Gasteiger partial charge in [-0.2, -0.15) is 0 Å². The molecule has 0 aliphatic carbocycles. The minimum Gasteiger partial charge on any atom is -0.505 e. The van der Waals surface area contributed by atoms with Crippen LogP contribution in [0.2, 0.25) is 10.0 Å². The number of phenols is 1. The third kappa shape index (κ3) is 1.59. The summed E-state index contributed by atoms with van der Waals surface area (Å²) >= 11 is 11.1. The summed E-state index contributed by atoms with van der Waals surface area (Å²) in [5.74, 6) is 2.22. The van der Waals surface area contributed by atoms with Crippen molar-refractivity contribution in [2.75, 3.05) is 0 Å². The largest absolute Gasteiger partial charge is 0.505 e. The highest BCUT2D eigenvalue weighted by atomic mass is 35.5. The Balaban J connectivity index is 3.35. The van der Waals surface area contributed by atoms with Crippen molar-refractivity contribution in [2.24, 2.45) is 0 Å². The molecule has 0 aliphatic heterocycles. The fourth-order valence-corrected chi connectivity index (χ4v) is 1.14. The van der Waals surface area contributed by atoms with Gasteiger partial charge < -0.3 is 5.11 Å². The highest BCUT2D eigenvalue weighted by molar-refractivity contribution is 6.37. The molecule has 1 aromatic carbocycles. The molecule has 56 valence electrons. The van der Waals surface area contributed by atoms with E-state index in [1.54, 1.807) is 0 Å². The first-order valence-corrected chi connectivity index (χ1v) is 3.55. The zero-order valence-electron chi connectivity index (χ0n) is 5.44. The fourth-order valence-electron chi connectivity index (χ4n) is 0.649. The predicted octanol–water partition coefficient (Wildman–Crippen LogP) is 2.68. The lowest BCUT2D eigenvalue weighted by Gasteiger charge is -1.99. The first-order chi connectivity index (χ1) is 5.15. The summed E-state index contributed by atoms with van der Waals surface area (Å²) < 4.78 is 0. The molecule has 0 radical (unpaired) electrons. The highest BCUT2D eigenvalue weighted by Crippen LogP contribution is 2.32. The molecular formula is C8H4Cl2O. The molecule has 0 bridgehead atoms. The van der Waals surface area contributed by atoms with Crippen LogP contribution in [0.3, 0.4) is 0 Å². The van der Waals surface area contributed by atoms with Crippen LogP contribution in [-0.4, -0.2) is 5.11 Å². The third-order valence-corrected chi connectivity index (χ3v) is 1.76. The maximum absolute atomic E-state index is 9.09. The van der Waals surface area contributed by atoms with Crippen LogP contribution in [-0.2, 0) is 0 Å². The summed E-state index contributed by atoms with van der Waals surface area (Å²) in [4.78, 5) is 0. The Hall–Kier alpha value is -0.840. The molecule has 0 aromatic heterocycles. The molecule has 0 spiro atoms. The summed E-state index contributed by atoms with van der Waals surface area (Å²) in [5.41, 5.74) is 0.554. The molecule has 0 heterocycles. The SMILES string of the molecule is C#Cc1cc(Cl)c(O)c(Cl)c1. The van der Waals surface area contributed by atoms with Gasteiger partial charge in [-0.1, -0.05) is 29.1 Å². The quantitative estimate of drug-likeness (QED) is 0.619. The Labute approximate surface area is 74.6 Å². The molecule has 0 amide bonds. The van der Waals surface area contributed by atoms with Gasteiger partial charge in [-0.05, 0) is 12.1 Å². The van der Waals surface area contributed by atoms with Crippen LogP contribution in [0.4, 0.5) is 0 Å². The van der Waals surface area contributed by atoms with Gasteiger partial charge in [-0.25, -0.2) is 0 Å². The van der Waals surface area contributed by atoms with Crippen LogP contribution >= 0.6 is 23.2 Å². The number of benzene rings is 1. The molecule has 3 heteroatoms. The molecule has 0 saturated heterocycles. The Kier molecular flexibility index (Phi) is 2.28. The van der Waals surface area contributed by atoms with Crippen molar-refractivity contribution in [2.45, 2.75) is 0 Å². The Morgan fingerprint density at radius 1 is 1.27 bits per heavy atom. The maximum atomic E-state index is 9.09. The van der Waals surface area contributed by atoms with E-state index in [2.05, 4.69) is 5.92 Å². The molecule has 11 heavy (non-hydrogen) atoms. The summed E-state index contributed by atoms with van der Waals surface area (Å²) in [5, 5.41) is 9.44. The van der Waals surface area contributed by atoms with Gasteiger partial charge >= 0.3 is 0 Å². The molecule has 0 saturated carbocycles. The second-order valence-corrected chi connectivity index (χ2v) is 2.75. The lowest BCUT2D eigenvalue weighted by molar-refractivity contribution is 0.476. The molecule has 0 atom stereocenters. The zero-order valence-corrected chi connectivity index (χ0v) is 6.95. The zero-order chi connectivity index (χ0) is 8.43. The summed E-state index contributed by atoms with van der Waals surface area (Å²) in [7, 11) is 0. The van der Waals surface area contributed by atoms with E-state index in [9.17, 15) is 0 Å². The van der Waals surface area contributed by atoms with Gasteiger partial charge in [0, 0.05) is 5.56 Å². The van der Waals surface area contributed by atoms with E-state index >= 15 is 0 Å². The minimum absolute atomic E-state index is 0.132.